The molecule has 4 nitrogen and oxygen atoms in total. The topological polar surface area (TPSA) is 42.2 Å². The van der Waals surface area contributed by atoms with Crippen LogP contribution in [0, 0.1) is 18.6 Å². The lowest BCUT2D eigenvalue weighted by Gasteiger charge is -2.21. The fourth-order valence-corrected chi connectivity index (χ4v) is 3.99. The van der Waals surface area contributed by atoms with Gasteiger partial charge in [-0.25, -0.2) is 8.78 Å². The maximum Gasteiger partial charge on any atom is 0.257 e. The Bertz CT molecular complexity index is 892. The molecule has 3 heterocycles. The Kier molecular flexibility index (Phi) is 4.35. The first-order chi connectivity index (χ1) is 12.1. The van der Waals surface area contributed by atoms with Crippen molar-refractivity contribution in [2.45, 2.75) is 32.4 Å². The van der Waals surface area contributed by atoms with Gasteiger partial charge in [-0.05, 0) is 44.5 Å². The van der Waals surface area contributed by atoms with E-state index in [9.17, 15) is 8.78 Å². The normalized spacial score (nSPS) is 18.1. The van der Waals surface area contributed by atoms with Crippen LogP contribution in [-0.4, -0.2) is 21.6 Å². The van der Waals surface area contributed by atoms with Crippen molar-refractivity contribution in [3.05, 3.63) is 58.3 Å². The summed E-state index contributed by atoms with van der Waals surface area (Å²) in [6.07, 6.45) is 1.82. The molecule has 1 aliphatic rings. The zero-order valence-electron chi connectivity index (χ0n) is 13.7. The molecule has 7 heteroatoms. The van der Waals surface area contributed by atoms with Gasteiger partial charge < -0.3 is 4.42 Å². The lowest BCUT2D eigenvalue weighted by atomic mass is 10.1. The number of aromatic nitrogens is 2. The van der Waals surface area contributed by atoms with E-state index in [0.29, 0.717) is 23.9 Å². The molecule has 1 aliphatic heterocycles. The van der Waals surface area contributed by atoms with E-state index in [1.807, 2.05) is 19.1 Å². The summed E-state index contributed by atoms with van der Waals surface area (Å²) in [7, 11) is 0. The molecule has 25 heavy (non-hydrogen) atoms. The van der Waals surface area contributed by atoms with Crippen molar-refractivity contribution in [3.63, 3.8) is 0 Å². The van der Waals surface area contributed by atoms with Crippen LogP contribution in [-0.2, 0) is 6.54 Å². The Labute approximate surface area is 148 Å². The van der Waals surface area contributed by atoms with Gasteiger partial charge in [0.1, 0.15) is 0 Å². The molecule has 1 atom stereocenters. The standard InChI is InChI=1S/C18H17F2N3OS/c1-11-7-8-15(25-11)18-22-21-17(24-18)14-6-3-9-23(14)10-12-4-2-5-13(19)16(12)20/h2,4-5,7-8,14H,3,6,9-10H2,1H3/t14-/m1/s1. The van der Waals surface area contributed by atoms with Crippen molar-refractivity contribution in [1.82, 2.24) is 15.1 Å². The third-order valence-electron chi connectivity index (χ3n) is 4.45. The number of thiophene rings is 1. The second kappa shape index (κ2) is 6.65. The number of aryl methyl sites for hydroxylation is 1. The maximum atomic E-state index is 14.0. The summed E-state index contributed by atoms with van der Waals surface area (Å²) in [6.45, 7) is 3.14. The van der Waals surface area contributed by atoms with E-state index >= 15 is 0 Å². The number of halogens is 2. The summed E-state index contributed by atoms with van der Waals surface area (Å²) in [5, 5.41) is 8.35. The molecule has 4 rings (SSSR count). The van der Waals surface area contributed by atoms with Gasteiger partial charge in [-0.2, -0.15) is 0 Å². The molecule has 0 amide bonds. The van der Waals surface area contributed by atoms with E-state index in [2.05, 4.69) is 15.1 Å². The molecule has 0 radical (unpaired) electrons. The van der Waals surface area contributed by atoms with Crippen LogP contribution in [0.2, 0.25) is 0 Å². The molecular formula is C18H17F2N3OS. The van der Waals surface area contributed by atoms with Crippen molar-refractivity contribution >= 4 is 11.3 Å². The van der Waals surface area contributed by atoms with E-state index in [1.54, 1.807) is 17.4 Å². The summed E-state index contributed by atoms with van der Waals surface area (Å²) in [5.74, 6) is -0.554. The van der Waals surface area contributed by atoms with Gasteiger partial charge in [0.15, 0.2) is 11.6 Å². The van der Waals surface area contributed by atoms with E-state index < -0.39 is 11.6 Å². The predicted molar refractivity (Wildman–Crippen MR) is 91.1 cm³/mol. The second-order valence-corrected chi connectivity index (χ2v) is 7.49. The van der Waals surface area contributed by atoms with E-state index in [4.69, 9.17) is 4.42 Å². The third-order valence-corrected chi connectivity index (χ3v) is 5.43. The highest BCUT2D eigenvalue weighted by Crippen LogP contribution is 2.35. The summed E-state index contributed by atoms with van der Waals surface area (Å²) in [6, 6.07) is 8.19. The highest BCUT2D eigenvalue weighted by Gasteiger charge is 2.31. The van der Waals surface area contributed by atoms with Gasteiger partial charge in [-0.15, -0.1) is 21.5 Å². The Balaban J connectivity index is 1.55. The van der Waals surface area contributed by atoms with Crippen molar-refractivity contribution < 1.29 is 13.2 Å². The number of hydrogen-bond donors (Lipinski definition) is 0. The summed E-state index contributed by atoms with van der Waals surface area (Å²) in [4.78, 5) is 4.19. The zero-order chi connectivity index (χ0) is 17.4. The molecule has 130 valence electrons. The zero-order valence-corrected chi connectivity index (χ0v) is 14.5. The van der Waals surface area contributed by atoms with Gasteiger partial charge in [0.05, 0.1) is 10.9 Å². The monoisotopic (exact) mass is 361 g/mol. The summed E-state index contributed by atoms with van der Waals surface area (Å²) in [5.41, 5.74) is 0.348. The molecule has 0 bridgehead atoms. The van der Waals surface area contributed by atoms with Crippen LogP contribution in [0.15, 0.2) is 34.7 Å². The number of nitrogens with zero attached hydrogens (tertiary/aromatic N) is 3. The lowest BCUT2D eigenvalue weighted by Crippen LogP contribution is -2.23. The first-order valence-electron chi connectivity index (χ1n) is 8.19. The van der Waals surface area contributed by atoms with Gasteiger partial charge in [0.2, 0.25) is 5.89 Å². The minimum atomic E-state index is -0.818. The number of rotatable bonds is 4. The Morgan fingerprint density at radius 3 is 2.92 bits per heavy atom. The SMILES string of the molecule is Cc1ccc(-c2nnc([C@H]3CCCN3Cc3cccc(F)c3F)o2)s1. The summed E-state index contributed by atoms with van der Waals surface area (Å²) < 4.78 is 33.3. The average molecular weight is 361 g/mol. The van der Waals surface area contributed by atoms with E-state index in [-0.39, 0.29) is 6.04 Å². The van der Waals surface area contributed by atoms with Crippen molar-refractivity contribution in [2.75, 3.05) is 6.54 Å². The molecule has 0 spiro atoms. The van der Waals surface area contributed by atoms with Gasteiger partial charge >= 0.3 is 0 Å². The van der Waals surface area contributed by atoms with Crippen LogP contribution in [0.5, 0.6) is 0 Å². The lowest BCUT2D eigenvalue weighted by molar-refractivity contribution is 0.212. The second-order valence-electron chi connectivity index (χ2n) is 6.20. The molecule has 3 aromatic rings. The van der Waals surface area contributed by atoms with Gasteiger partial charge in [-0.3, -0.25) is 4.90 Å². The third kappa shape index (κ3) is 3.21. The highest BCUT2D eigenvalue weighted by molar-refractivity contribution is 7.15. The number of benzene rings is 1. The molecule has 0 N–H and O–H groups in total. The Hall–Kier alpha value is -2.12. The minimum absolute atomic E-state index is 0.0648. The highest BCUT2D eigenvalue weighted by atomic mass is 32.1. The average Bonchev–Trinajstić information content (AvgIpc) is 3.31. The van der Waals surface area contributed by atoms with Crippen LogP contribution < -0.4 is 0 Å². The molecule has 0 saturated carbocycles. The smallest absolute Gasteiger partial charge is 0.257 e. The summed E-state index contributed by atoms with van der Waals surface area (Å²) >= 11 is 1.60. The van der Waals surface area contributed by atoms with Crippen LogP contribution in [0.4, 0.5) is 8.78 Å². The van der Waals surface area contributed by atoms with Crippen LogP contribution in [0.25, 0.3) is 10.8 Å². The first-order valence-corrected chi connectivity index (χ1v) is 9.00. The fraction of sp³-hybridized carbons (Fsp3) is 0.333. The fourth-order valence-electron chi connectivity index (χ4n) is 3.20. The van der Waals surface area contributed by atoms with Crippen LogP contribution in [0.1, 0.15) is 35.2 Å². The van der Waals surface area contributed by atoms with Crippen molar-refractivity contribution in [1.29, 1.82) is 0 Å². The van der Waals surface area contributed by atoms with Crippen LogP contribution >= 0.6 is 11.3 Å². The Morgan fingerprint density at radius 2 is 2.12 bits per heavy atom. The molecule has 1 aromatic carbocycles. The Morgan fingerprint density at radius 1 is 1.24 bits per heavy atom. The maximum absolute atomic E-state index is 14.0. The van der Waals surface area contributed by atoms with Crippen molar-refractivity contribution in [3.8, 4) is 10.8 Å². The van der Waals surface area contributed by atoms with Gasteiger partial charge in [0, 0.05) is 17.0 Å². The van der Waals surface area contributed by atoms with Gasteiger partial charge in [0.25, 0.3) is 5.89 Å². The molecule has 0 aliphatic carbocycles. The molecular weight excluding hydrogens is 344 g/mol. The van der Waals surface area contributed by atoms with Crippen molar-refractivity contribution in [2.24, 2.45) is 0 Å². The molecule has 2 aromatic heterocycles. The van der Waals surface area contributed by atoms with E-state index in [1.165, 1.54) is 10.9 Å². The number of likely N-dealkylation sites (tertiary alicyclic amines) is 1. The molecule has 1 fully saturated rings. The minimum Gasteiger partial charge on any atom is -0.418 e. The van der Waals surface area contributed by atoms with Crippen LogP contribution in [0.3, 0.4) is 0 Å². The first kappa shape index (κ1) is 16.4. The molecule has 1 saturated heterocycles. The quantitative estimate of drug-likeness (QED) is 0.674. The van der Waals surface area contributed by atoms with E-state index in [0.717, 1.165) is 30.3 Å². The van der Waals surface area contributed by atoms with Gasteiger partial charge in [-0.1, -0.05) is 12.1 Å². The largest absolute Gasteiger partial charge is 0.418 e. The molecule has 0 unspecified atom stereocenters. The number of hydrogen-bond acceptors (Lipinski definition) is 5. The predicted octanol–water partition coefficient (Wildman–Crippen LogP) is 4.72.